The lowest BCUT2D eigenvalue weighted by Gasteiger charge is -2.58. The minimum Gasteiger partial charge on any atom is -0.446 e. The van der Waals surface area contributed by atoms with Crippen LogP contribution in [0.15, 0.2) is 11.6 Å². The van der Waals surface area contributed by atoms with Gasteiger partial charge in [0.05, 0.1) is 6.04 Å². The van der Waals surface area contributed by atoms with Crippen LogP contribution in [0.1, 0.15) is 118 Å². The predicted molar refractivity (Wildman–Crippen MR) is 165 cm³/mol. The van der Waals surface area contributed by atoms with E-state index in [9.17, 15) is 9.59 Å². The number of rotatable bonds is 10. The number of hydrogen-bond acceptors (Lipinski definition) is 4. The number of nitrogens with one attached hydrogen (secondary N) is 3. The Bertz CT molecular complexity index is 958. The van der Waals surface area contributed by atoms with Gasteiger partial charge in [0.25, 0.3) is 0 Å². The van der Waals surface area contributed by atoms with Crippen molar-refractivity contribution in [2.24, 2.45) is 46.3 Å². The quantitative estimate of drug-likeness (QED) is 0.196. The van der Waals surface area contributed by atoms with E-state index in [0.717, 1.165) is 74.2 Å². The molecule has 41 heavy (non-hydrogen) atoms. The van der Waals surface area contributed by atoms with E-state index in [1.54, 1.807) is 5.57 Å². The summed E-state index contributed by atoms with van der Waals surface area (Å²) in [7, 11) is 0. The maximum atomic E-state index is 12.5. The molecule has 6 heteroatoms. The van der Waals surface area contributed by atoms with Crippen molar-refractivity contribution in [3.8, 4) is 0 Å². The second-order valence-electron chi connectivity index (χ2n) is 15.4. The smallest absolute Gasteiger partial charge is 0.407 e. The van der Waals surface area contributed by atoms with Gasteiger partial charge >= 0.3 is 6.09 Å². The number of allylic oxidation sites excluding steroid dienone is 1. The molecule has 0 radical (unpaired) electrons. The fourth-order valence-electron chi connectivity index (χ4n) is 10.3. The van der Waals surface area contributed by atoms with Gasteiger partial charge in [-0.15, -0.1) is 0 Å². The zero-order chi connectivity index (χ0) is 29.2. The van der Waals surface area contributed by atoms with Crippen molar-refractivity contribution in [1.29, 1.82) is 0 Å². The summed E-state index contributed by atoms with van der Waals surface area (Å²) in [6.45, 7) is 14.2. The highest BCUT2D eigenvalue weighted by Crippen LogP contribution is 2.67. The van der Waals surface area contributed by atoms with E-state index in [-0.39, 0.29) is 29.6 Å². The standard InChI is InChI=1S/C35H59N3O3/c1-23(2)8-6-9-24(3)28-13-14-29-27-12-11-25-22-26(15-17-34(25,4)30(27)16-18-35(28,29)5)41-33(40)38-21-20-37-32(39)31-10-7-19-36-31/h11,23-24,26-31,36H,6-10,12-22H2,1-5H3,(H,37,39)(H,38,40)/t24-,26+,27+,28-,29+,30+,31+,34+,35-/m1/s1. The highest BCUT2D eigenvalue weighted by atomic mass is 16.6. The van der Waals surface area contributed by atoms with Crippen LogP contribution in [0.3, 0.4) is 0 Å². The average Bonchev–Trinajstić information content (AvgIpc) is 3.59. The second-order valence-corrected chi connectivity index (χ2v) is 15.4. The van der Waals surface area contributed by atoms with Crippen molar-refractivity contribution >= 4 is 12.0 Å². The summed E-state index contributed by atoms with van der Waals surface area (Å²) in [5.74, 6) is 5.08. The summed E-state index contributed by atoms with van der Waals surface area (Å²) in [5, 5.41) is 8.96. The third-order valence-corrected chi connectivity index (χ3v) is 12.6. The molecule has 0 aromatic heterocycles. The lowest BCUT2D eigenvalue weighted by atomic mass is 9.47. The largest absolute Gasteiger partial charge is 0.446 e. The summed E-state index contributed by atoms with van der Waals surface area (Å²) >= 11 is 0. The number of hydrogen-bond donors (Lipinski definition) is 3. The molecule has 0 aromatic rings. The van der Waals surface area contributed by atoms with E-state index in [1.165, 1.54) is 51.4 Å². The SMILES string of the molecule is CC(C)CCC[C@@H](C)[C@H]1CC[C@H]2[C@@H]3CC=C4C[C@@H](OC(=O)NCCNC(=O)[C@@H]5CCCN5)CC[C@]4(C)[C@H]3CC[C@]12C. The highest BCUT2D eigenvalue weighted by Gasteiger charge is 2.59. The first-order chi connectivity index (χ1) is 19.6. The molecule has 0 spiro atoms. The molecule has 4 fully saturated rings. The summed E-state index contributed by atoms with van der Waals surface area (Å²) in [5.41, 5.74) is 2.34. The van der Waals surface area contributed by atoms with Gasteiger partial charge in [-0.2, -0.15) is 0 Å². The van der Waals surface area contributed by atoms with Crippen molar-refractivity contribution in [2.75, 3.05) is 19.6 Å². The van der Waals surface area contributed by atoms with Crippen LogP contribution >= 0.6 is 0 Å². The Balaban J connectivity index is 1.11. The molecule has 3 saturated carbocycles. The van der Waals surface area contributed by atoms with Crippen molar-refractivity contribution in [2.45, 2.75) is 130 Å². The van der Waals surface area contributed by atoms with Crippen LogP contribution in [0.4, 0.5) is 4.79 Å². The summed E-state index contributed by atoms with van der Waals surface area (Å²) in [6, 6.07) is -0.0852. The summed E-state index contributed by atoms with van der Waals surface area (Å²) < 4.78 is 5.88. The Morgan fingerprint density at radius 2 is 1.80 bits per heavy atom. The Labute approximate surface area is 250 Å². The Hall–Kier alpha value is -1.56. The Kier molecular flexibility index (Phi) is 9.77. The number of fused-ring (bicyclic) bond motifs is 5. The molecule has 1 heterocycles. The monoisotopic (exact) mass is 569 g/mol. The Morgan fingerprint density at radius 3 is 2.56 bits per heavy atom. The van der Waals surface area contributed by atoms with Gasteiger partial charge in [0.2, 0.25) is 5.91 Å². The molecule has 5 rings (SSSR count). The van der Waals surface area contributed by atoms with E-state index in [0.29, 0.717) is 18.5 Å². The van der Waals surface area contributed by atoms with Gasteiger partial charge in [-0.25, -0.2) is 4.79 Å². The van der Waals surface area contributed by atoms with Crippen molar-refractivity contribution in [3.63, 3.8) is 0 Å². The average molecular weight is 570 g/mol. The van der Waals surface area contributed by atoms with E-state index >= 15 is 0 Å². The summed E-state index contributed by atoms with van der Waals surface area (Å²) in [6.07, 6.45) is 18.1. The first-order valence-corrected chi connectivity index (χ1v) is 17.3. The molecule has 1 aliphatic heterocycles. The normalized spacial score (nSPS) is 38.8. The third kappa shape index (κ3) is 6.53. The van der Waals surface area contributed by atoms with Gasteiger partial charge in [0.1, 0.15) is 6.10 Å². The van der Waals surface area contributed by atoms with Crippen LogP contribution in [0.5, 0.6) is 0 Å². The van der Waals surface area contributed by atoms with Crippen molar-refractivity contribution in [1.82, 2.24) is 16.0 Å². The predicted octanol–water partition coefficient (Wildman–Crippen LogP) is 6.99. The molecule has 0 unspecified atom stereocenters. The van der Waals surface area contributed by atoms with Crippen LogP contribution in [0.2, 0.25) is 0 Å². The highest BCUT2D eigenvalue weighted by molar-refractivity contribution is 5.82. The van der Waals surface area contributed by atoms with Crippen LogP contribution in [-0.2, 0) is 9.53 Å². The molecule has 5 aliphatic rings. The fourth-order valence-corrected chi connectivity index (χ4v) is 10.3. The molecule has 4 aliphatic carbocycles. The fraction of sp³-hybridized carbons (Fsp3) is 0.886. The van der Waals surface area contributed by atoms with E-state index in [4.69, 9.17) is 4.74 Å². The lowest BCUT2D eigenvalue weighted by molar-refractivity contribution is -0.122. The second kappa shape index (κ2) is 13.0. The number of amides is 2. The van der Waals surface area contributed by atoms with Gasteiger partial charge < -0.3 is 20.7 Å². The maximum Gasteiger partial charge on any atom is 0.407 e. The number of carbonyl (C=O) groups excluding carboxylic acids is 2. The molecule has 1 saturated heterocycles. The number of carbonyl (C=O) groups is 2. The molecular formula is C35H59N3O3. The zero-order valence-corrected chi connectivity index (χ0v) is 26.7. The molecule has 3 N–H and O–H groups in total. The van der Waals surface area contributed by atoms with Crippen LogP contribution in [0, 0.1) is 46.3 Å². The molecular weight excluding hydrogens is 510 g/mol. The Morgan fingerprint density at radius 1 is 1.00 bits per heavy atom. The van der Waals surface area contributed by atoms with Gasteiger partial charge in [0.15, 0.2) is 0 Å². The van der Waals surface area contributed by atoms with Crippen molar-refractivity contribution in [3.05, 3.63) is 11.6 Å². The molecule has 2 amide bonds. The first kappa shape index (κ1) is 30.9. The van der Waals surface area contributed by atoms with E-state index in [2.05, 4.69) is 56.6 Å². The van der Waals surface area contributed by atoms with E-state index < -0.39 is 0 Å². The first-order valence-electron chi connectivity index (χ1n) is 17.3. The van der Waals surface area contributed by atoms with Crippen molar-refractivity contribution < 1.29 is 14.3 Å². The van der Waals surface area contributed by atoms with Gasteiger partial charge in [-0.05, 0) is 111 Å². The summed E-state index contributed by atoms with van der Waals surface area (Å²) in [4.78, 5) is 24.7. The third-order valence-electron chi connectivity index (χ3n) is 12.6. The molecule has 6 nitrogen and oxygen atoms in total. The molecule has 0 aromatic carbocycles. The number of ether oxygens (including phenoxy) is 1. The van der Waals surface area contributed by atoms with Crippen LogP contribution < -0.4 is 16.0 Å². The topological polar surface area (TPSA) is 79.5 Å². The van der Waals surface area contributed by atoms with Crippen LogP contribution in [-0.4, -0.2) is 43.8 Å². The molecule has 9 atom stereocenters. The van der Waals surface area contributed by atoms with Gasteiger partial charge in [-0.3, -0.25) is 4.79 Å². The minimum atomic E-state index is -0.353. The number of alkyl carbamates (subject to hydrolysis) is 1. The zero-order valence-electron chi connectivity index (χ0n) is 26.7. The van der Waals surface area contributed by atoms with Gasteiger partial charge in [-0.1, -0.05) is 65.5 Å². The van der Waals surface area contributed by atoms with Crippen LogP contribution in [0.25, 0.3) is 0 Å². The lowest BCUT2D eigenvalue weighted by Crippen LogP contribution is -2.51. The van der Waals surface area contributed by atoms with Gasteiger partial charge in [0, 0.05) is 19.5 Å². The molecule has 232 valence electrons. The molecule has 0 bridgehead atoms. The maximum absolute atomic E-state index is 12.5. The minimum absolute atomic E-state index is 0.0269. The van der Waals surface area contributed by atoms with E-state index in [1.807, 2.05) is 0 Å².